The molecule has 4 N–H and O–H groups in total. The zero-order valence-electron chi connectivity index (χ0n) is 23.4. The number of hydrogen-bond donors (Lipinski definition) is 4. The van der Waals surface area contributed by atoms with Crippen LogP contribution in [0.2, 0.25) is 0 Å². The highest BCUT2D eigenvalue weighted by molar-refractivity contribution is 7.92. The molecule has 0 fully saturated rings. The summed E-state index contributed by atoms with van der Waals surface area (Å²) in [4.78, 5) is 4.23. The predicted octanol–water partition coefficient (Wildman–Crippen LogP) is 4.78. The average Bonchev–Trinajstić information content (AvgIpc) is 3.01. The Kier molecular flexibility index (Phi) is 9.58. The number of aromatic nitrogens is 1. The van der Waals surface area contributed by atoms with Crippen LogP contribution in [0.3, 0.4) is 0 Å². The molecular formula is C32H36N4O5S. The number of ether oxygens (including phenoxy) is 2. The summed E-state index contributed by atoms with van der Waals surface area (Å²) >= 11 is 0. The van der Waals surface area contributed by atoms with Crippen molar-refractivity contribution >= 4 is 21.4 Å². The Hall–Kier alpha value is -4.12. The molecule has 1 aromatic heterocycles. The third-order valence-corrected chi connectivity index (χ3v) is 8.32. The lowest BCUT2D eigenvalue weighted by atomic mass is 10.0. The molecule has 0 bridgehead atoms. The Morgan fingerprint density at radius 1 is 1.02 bits per heavy atom. The number of rotatable bonds is 13. The molecule has 42 heavy (non-hydrogen) atoms. The van der Waals surface area contributed by atoms with Crippen LogP contribution in [0.25, 0.3) is 0 Å². The zero-order valence-corrected chi connectivity index (χ0v) is 24.3. The number of aryl methyl sites for hydroxylation is 1. The summed E-state index contributed by atoms with van der Waals surface area (Å²) in [6.45, 7) is 3.47. The Balaban J connectivity index is 1.11. The van der Waals surface area contributed by atoms with Crippen LogP contribution in [0.1, 0.15) is 30.6 Å². The summed E-state index contributed by atoms with van der Waals surface area (Å²) in [5.74, 6) is 1.50. The van der Waals surface area contributed by atoms with E-state index >= 15 is 0 Å². The number of benzene rings is 3. The van der Waals surface area contributed by atoms with Gasteiger partial charge in [-0.25, -0.2) is 8.42 Å². The molecule has 3 unspecified atom stereocenters. The normalized spacial score (nSPS) is 16.0. The molecule has 0 radical (unpaired) electrons. The highest BCUT2D eigenvalue weighted by Crippen LogP contribution is 2.30. The fraction of sp³-hybridized carbons (Fsp3) is 0.281. The van der Waals surface area contributed by atoms with Crippen molar-refractivity contribution < 1.29 is 23.0 Å². The largest absolute Gasteiger partial charge is 0.491 e. The van der Waals surface area contributed by atoms with Gasteiger partial charge in [0.05, 0.1) is 17.0 Å². The van der Waals surface area contributed by atoms with E-state index < -0.39 is 16.1 Å². The van der Waals surface area contributed by atoms with Gasteiger partial charge in [0.15, 0.2) is 0 Å². The zero-order chi connectivity index (χ0) is 29.4. The molecule has 5 rings (SSSR count). The molecular weight excluding hydrogens is 552 g/mol. The molecule has 10 heteroatoms. The molecule has 0 saturated carbocycles. The highest BCUT2D eigenvalue weighted by atomic mass is 32.2. The second kappa shape index (κ2) is 13.7. The topological polar surface area (TPSA) is 122 Å². The fourth-order valence-corrected chi connectivity index (χ4v) is 5.83. The molecule has 3 aromatic carbocycles. The first-order valence-corrected chi connectivity index (χ1v) is 15.5. The molecule has 0 spiro atoms. The van der Waals surface area contributed by atoms with Gasteiger partial charge in [0, 0.05) is 42.4 Å². The van der Waals surface area contributed by atoms with Crippen molar-refractivity contribution in [1.29, 1.82) is 0 Å². The maximum absolute atomic E-state index is 13.1. The Morgan fingerprint density at radius 2 is 1.81 bits per heavy atom. The van der Waals surface area contributed by atoms with E-state index in [1.165, 1.54) is 0 Å². The number of para-hydroxylation sites is 1. The van der Waals surface area contributed by atoms with Gasteiger partial charge in [-0.3, -0.25) is 9.71 Å². The Bertz CT molecular complexity index is 1540. The quantitative estimate of drug-likeness (QED) is 0.176. The second-order valence-corrected chi connectivity index (χ2v) is 12.0. The molecule has 9 nitrogen and oxygen atoms in total. The van der Waals surface area contributed by atoms with Gasteiger partial charge in [-0.15, -0.1) is 0 Å². The van der Waals surface area contributed by atoms with Crippen LogP contribution in [0, 0.1) is 0 Å². The fourth-order valence-electron chi connectivity index (χ4n) is 4.72. The molecule has 3 atom stereocenters. The molecule has 220 valence electrons. The van der Waals surface area contributed by atoms with E-state index in [9.17, 15) is 13.5 Å². The summed E-state index contributed by atoms with van der Waals surface area (Å²) < 4.78 is 40.8. The summed E-state index contributed by atoms with van der Waals surface area (Å²) in [7, 11) is -3.78. The average molecular weight is 589 g/mol. The molecule has 0 amide bonds. The third kappa shape index (κ3) is 8.00. The smallest absolute Gasteiger partial charge is 0.261 e. The van der Waals surface area contributed by atoms with Crippen LogP contribution in [0.15, 0.2) is 102 Å². The van der Waals surface area contributed by atoms with Crippen molar-refractivity contribution in [2.45, 2.75) is 42.9 Å². The van der Waals surface area contributed by atoms with Crippen molar-refractivity contribution in [2.75, 3.05) is 29.7 Å². The lowest BCUT2D eigenvalue weighted by Gasteiger charge is -2.27. The third-order valence-electron chi connectivity index (χ3n) is 6.94. The molecule has 4 aromatic rings. The van der Waals surface area contributed by atoms with Gasteiger partial charge in [-0.05, 0) is 86.0 Å². The summed E-state index contributed by atoms with van der Waals surface area (Å²) in [5.41, 5.74) is 2.95. The van der Waals surface area contributed by atoms with Crippen molar-refractivity contribution in [3.63, 3.8) is 0 Å². The molecule has 1 aliphatic rings. The van der Waals surface area contributed by atoms with E-state index in [0.717, 1.165) is 29.0 Å². The maximum Gasteiger partial charge on any atom is 0.261 e. The first-order chi connectivity index (χ1) is 20.4. The number of sulfonamides is 1. The number of pyridine rings is 1. The molecule has 0 saturated heterocycles. The lowest BCUT2D eigenvalue weighted by Crippen LogP contribution is -2.36. The molecule has 0 aliphatic carbocycles. The van der Waals surface area contributed by atoms with E-state index in [-0.39, 0.29) is 17.0 Å². The van der Waals surface area contributed by atoms with Crippen molar-refractivity contribution in [3.05, 3.63) is 108 Å². The Morgan fingerprint density at radius 3 is 2.57 bits per heavy atom. The van der Waals surface area contributed by atoms with Gasteiger partial charge >= 0.3 is 0 Å². The number of nitrogens with one attached hydrogen (secondary N) is 3. The molecule has 1 aliphatic heterocycles. The first kappa shape index (κ1) is 29.4. The van der Waals surface area contributed by atoms with Crippen molar-refractivity contribution in [2.24, 2.45) is 0 Å². The van der Waals surface area contributed by atoms with Crippen LogP contribution in [0.4, 0.5) is 11.4 Å². The number of aliphatic hydroxyl groups is 1. The van der Waals surface area contributed by atoms with E-state index in [1.54, 1.807) is 48.8 Å². The van der Waals surface area contributed by atoms with E-state index in [0.29, 0.717) is 37.6 Å². The monoisotopic (exact) mass is 588 g/mol. The van der Waals surface area contributed by atoms with E-state index in [2.05, 4.69) is 20.3 Å². The number of aliphatic hydroxyl groups excluding tert-OH is 1. The predicted molar refractivity (Wildman–Crippen MR) is 164 cm³/mol. The number of hydrogen-bond acceptors (Lipinski definition) is 8. The van der Waals surface area contributed by atoms with Crippen LogP contribution in [-0.4, -0.2) is 50.4 Å². The van der Waals surface area contributed by atoms with Crippen molar-refractivity contribution in [1.82, 2.24) is 10.3 Å². The van der Waals surface area contributed by atoms with Crippen LogP contribution in [-0.2, 0) is 16.4 Å². The summed E-state index contributed by atoms with van der Waals surface area (Å²) in [6, 6.07) is 25.4. The number of anilines is 2. The minimum atomic E-state index is -3.78. The maximum atomic E-state index is 13.1. The SMILES string of the molecule is CC(COc1ccccc1)Nc1ccc(NS(=O)(=O)c2ccc3c(c2)CCC(CNCC(O)c2cccnc2)O3)cc1. The van der Waals surface area contributed by atoms with E-state index in [1.807, 2.05) is 55.5 Å². The van der Waals surface area contributed by atoms with Crippen LogP contribution < -0.4 is 24.8 Å². The number of nitrogens with zero attached hydrogens (tertiary/aromatic N) is 1. The van der Waals surface area contributed by atoms with Crippen LogP contribution in [0.5, 0.6) is 11.5 Å². The van der Waals surface area contributed by atoms with Gasteiger partial charge in [0.2, 0.25) is 0 Å². The van der Waals surface area contributed by atoms with Gasteiger partial charge in [0.25, 0.3) is 10.0 Å². The van der Waals surface area contributed by atoms with Gasteiger partial charge in [-0.1, -0.05) is 24.3 Å². The van der Waals surface area contributed by atoms with Crippen LogP contribution >= 0.6 is 0 Å². The summed E-state index contributed by atoms with van der Waals surface area (Å²) in [6.07, 6.45) is 4.04. The van der Waals surface area contributed by atoms with Gasteiger partial charge in [0.1, 0.15) is 24.2 Å². The van der Waals surface area contributed by atoms with Gasteiger partial charge in [-0.2, -0.15) is 0 Å². The van der Waals surface area contributed by atoms with Gasteiger partial charge < -0.3 is 25.2 Å². The summed E-state index contributed by atoms with van der Waals surface area (Å²) in [5, 5.41) is 16.9. The highest BCUT2D eigenvalue weighted by Gasteiger charge is 2.23. The Labute approximate surface area is 247 Å². The minimum absolute atomic E-state index is 0.0549. The van der Waals surface area contributed by atoms with E-state index in [4.69, 9.17) is 9.47 Å². The number of fused-ring (bicyclic) bond motifs is 1. The standard InChI is InChI=1S/C32H36N4O5S/c1-23(22-40-28-7-3-2-4-8-28)35-26-10-12-27(13-11-26)36-42(38,39)30-15-16-32-24(18-30)9-14-29(41-32)20-34-21-31(37)25-6-5-17-33-19-25/h2-8,10-13,15-19,23,29,31,34-37H,9,14,20-22H2,1H3. The molecule has 2 heterocycles. The lowest BCUT2D eigenvalue weighted by molar-refractivity contribution is 0.146. The minimum Gasteiger partial charge on any atom is -0.491 e. The van der Waals surface area contributed by atoms with Crippen molar-refractivity contribution in [3.8, 4) is 11.5 Å². The second-order valence-electron chi connectivity index (χ2n) is 10.4. The first-order valence-electron chi connectivity index (χ1n) is 14.0.